The normalized spacial score (nSPS) is 13.4. The molecule has 1 aliphatic carbocycles. The summed E-state index contributed by atoms with van der Waals surface area (Å²) in [7, 11) is 3.68. The van der Waals surface area contributed by atoms with Crippen LogP contribution < -0.4 is 10.1 Å². The molecule has 2 aromatic heterocycles. The molecule has 0 atom stereocenters. The molecular formula is C25H23N3O3. The quantitative estimate of drug-likeness (QED) is 0.432. The number of anilines is 2. The van der Waals surface area contributed by atoms with Gasteiger partial charge < -0.3 is 19.7 Å². The summed E-state index contributed by atoms with van der Waals surface area (Å²) in [5, 5.41) is 14.0. The number of para-hydroxylation sites is 1. The highest BCUT2D eigenvalue weighted by atomic mass is 16.5. The van der Waals surface area contributed by atoms with E-state index in [1.165, 1.54) is 0 Å². The topological polar surface area (TPSA) is 76.4 Å². The zero-order valence-corrected chi connectivity index (χ0v) is 17.4. The lowest BCUT2D eigenvalue weighted by molar-refractivity contribution is 0.0697. The van der Waals surface area contributed by atoms with Crippen molar-refractivity contribution in [3.05, 3.63) is 72.1 Å². The fraction of sp³-hybridized carbons (Fsp3) is 0.200. The van der Waals surface area contributed by atoms with Gasteiger partial charge in [-0.1, -0.05) is 18.2 Å². The van der Waals surface area contributed by atoms with E-state index < -0.39 is 5.97 Å². The zero-order chi connectivity index (χ0) is 21.5. The smallest absolute Gasteiger partial charge is 0.339 e. The van der Waals surface area contributed by atoms with Crippen LogP contribution in [0.5, 0.6) is 5.75 Å². The number of nitrogens with zero attached hydrogens (tertiary/aromatic N) is 2. The molecule has 0 unspecified atom stereocenters. The minimum atomic E-state index is -0.979. The second-order valence-corrected chi connectivity index (χ2v) is 7.96. The first-order valence-corrected chi connectivity index (χ1v) is 10.3. The summed E-state index contributed by atoms with van der Waals surface area (Å²) in [6.07, 6.45) is 6.07. The third-order valence-corrected chi connectivity index (χ3v) is 5.84. The van der Waals surface area contributed by atoms with Crippen molar-refractivity contribution in [2.24, 2.45) is 7.05 Å². The minimum Gasteiger partial charge on any atom is -0.496 e. The molecule has 0 amide bonds. The van der Waals surface area contributed by atoms with Gasteiger partial charge in [-0.3, -0.25) is 0 Å². The number of carbonyl (C=O) groups is 1. The summed E-state index contributed by atoms with van der Waals surface area (Å²) in [5.74, 6) is 0.626. The Hall–Kier alpha value is -3.80. The molecule has 1 fully saturated rings. The first kappa shape index (κ1) is 19.2. The largest absolute Gasteiger partial charge is 0.496 e. The van der Waals surface area contributed by atoms with Gasteiger partial charge >= 0.3 is 5.97 Å². The van der Waals surface area contributed by atoms with E-state index in [1.807, 2.05) is 49.5 Å². The number of pyridine rings is 1. The third-order valence-electron chi connectivity index (χ3n) is 5.84. The number of nitrogens with one attached hydrogen (secondary N) is 1. The Bertz CT molecular complexity index is 1300. The average molecular weight is 413 g/mol. The van der Waals surface area contributed by atoms with E-state index >= 15 is 0 Å². The summed E-state index contributed by atoms with van der Waals surface area (Å²) < 4.78 is 7.64. The van der Waals surface area contributed by atoms with Gasteiger partial charge in [-0.25, -0.2) is 9.78 Å². The number of hydrogen-bond acceptors (Lipinski definition) is 4. The van der Waals surface area contributed by atoms with E-state index in [9.17, 15) is 9.90 Å². The van der Waals surface area contributed by atoms with Crippen molar-refractivity contribution in [3.63, 3.8) is 0 Å². The summed E-state index contributed by atoms with van der Waals surface area (Å²) >= 11 is 0. The second kappa shape index (κ2) is 7.47. The van der Waals surface area contributed by atoms with E-state index in [2.05, 4.69) is 21.1 Å². The molecule has 0 saturated heterocycles. The average Bonchev–Trinajstić information content (AvgIpc) is 3.58. The molecule has 0 aliphatic heterocycles. The third kappa shape index (κ3) is 3.50. The number of rotatable bonds is 6. The molecular weight excluding hydrogens is 390 g/mol. The lowest BCUT2D eigenvalue weighted by atomic mass is 10.0. The number of methoxy groups -OCH3 is 1. The fourth-order valence-electron chi connectivity index (χ4n) is 4.07. The van der Waals surface area contributed by atoms with Crippen LogP contribution in [0.4, 0.5) is 11.5 Å². The number of fused-ring (bicyclic) bond motifs is 1. The standard InChI is InChI=1S/C25H23N3O3/c1-28-14-21(18-5-3-4-6-23(18)31-2)19-12-17(9-10-22(19)28)27-24-20(25(29)30)11-16(13-26-24)15-7-8-15/h3-6,9-15H,7-8H2,1-2H3,(H,26,27)(H,29,30). The number of ether oxygens (including phenoxy) is 1. The van der Waals surface area contributed by atoms with Crippen molar-refractivity contribution in [1.29, 1.82) is 0 Å². The van der Waals surface area contributed by atoms with Gasteiger partial charge in [0, 0.05) is 47.2 Å². The molecule has 4 aromatic rings. The van der Waals surface area contributed by atoms with E-state index in [0.29, 0.717) is 11.7 Å². The first-order chi connectivity index (χ1) is 15.0. The fourth-order valence-corrected chi connectivity index (χ4v) is 4.07. The Morgan fingerprint density at radius 1 is 1.16 bits per heavy atom. The van der Waals surface area contributed by atoms with Crippen LogP contribution in [0.1, 0.15) is 34.7 Å². The van der Waals surface area contributed by atoms with Crippen LogP contribution in [0.25, 0.3) is 22.0 Å². The monoisotopic (exact) mass is 413 g/mol. The van der Waals surface area contributed by atoms with Crippen LogP contribution in [0, 0.1) is 0 Å². The summed E-state index contributed by atoms with van der Waals surface area (Å²) in [4.78, 5) is 16.3. The highest BCUT2D eigenvalue weighted by Gasteiger charge is 2.26. The molecule has 2 N–H and O–H groups in total. The Morgan fingerprint density at radius 2 is 1.97 bits per heavy atom. The molecule has 5 rings (SSSR count). The van der Waals surface area contributed by atoms with Gasteiger partial charge in [-0.15, -0.1) is 0 Å². The number of aryl methyl sites for hydroxylation is 1. The maximum Gasteiger partial charge on any atom is 0.339 e. The highest BCUT2D eigenvalue weighted by molar-refractivity contribution is 6.00. The second-order valence-electron chi connectivity index (χ2n) is 7.96. The molecule has 2 heterocycles. The van der Waals surface area contributed by atoms with Crippen LogP contribution in [-0.4, -0.2) is 27.7 Å². The van der Waals surface area contributed by atoms with E-state index in [4.69, 9.17) is 4.74 Å². The lowest BCUT2D eigenvalue weighted by Gasteiger charge is -2.11. The molecule has 6 heteroatoms. The van der Waals surface area contributed by atoms with Crippen LogP contribution in [-0.2, 0) is 7.05 Å². The number of aromatic carboxylic acids is 1. The Balaban J connectivity index is 1.57. The number of hydrogen-bond donors (Lipinski definition) is 2. The Morgan fingerprint density at radius 3 is 2.71 bits per heavy atom. The maximum atomic E-state index is 11.8. The van der Waals surface area contributed by atoms with Crippen LogP contribution in [0.15, 0.2) is 60.9 Å². The summed E-state index contributed by atoms with van der Waals surface area (Å²) in [6.45, 7) is 0. The Kier molecular flexibility index (Phi) is 4.62. The molecule has 1 aliphatic rings. The number of carboxylic acid groups (broad SMARTS) is 1. The highest BCUT2D eigenvalue weighted by Crippen LogP contribution is 2.41. The van der Waals surface area contributed by atoms with Crippen molar-refractivity contribution in [3.8, 4) is 16.9 Å². The van der Waals surface area contributed by atoms with E-state index in [-0.39, 0.29) is 5.56 Å². The predicted molar refractivity (Wildman–Crippen MR) is 121 cm³/mol. The zero-order valence-electron chi connectivity index (χ0n) is 17.4. The number of carboxylic acids is 1. The van der Waals surface area contributed by atoms with Crippen LogP contribution in [0.2, 0.25) is 0 Å². The van der Waals surface area contributed by atoms with Crippen molar-refractivity contribution >= 4 is 28.4 Å². The van der Waals surface area contributed by atoms with Crippen molar-refractivity contribution in [2.75, 3.05) is 12.4 Å². The summed E-state index contributed by atoms with van der Waals surface area (Å²) in [6, 6.07) is 15.7. The van der Waals surface area contributed by atoms with Gasteiger partial charge in [0.25, 0.3) is 0 Å². The van der Waals surface area contributed by atoms with Gasteiger partial charge in [0.1, 0.15) is 17.1 Å². The number of aromatic nitrogens is 2. The van der Waals surface area contributed by atoms with Gasteiger partial charge in [0.2, 0.25) is 0 Å². The summed E-state index contributed by atoms with van der Waals surface area (Å²) in [5.41, 5.74) is 5.10. The molecule has 2 aromatic carbocycles. The molecule has 0 radical (unpaired) electrons. The van der Waals surface area contributed by atoms with Gasteiger partial charge in [-0.05, 0) is 54.7 Å². The molecule has 156 valence electrons. The maximum absolute atomic E-state index is 11.8. The molecule has 0 spiro atoms. The molecule has 31 heavy (non-hydrogen) atoms. The first-order valence-electron chi connectivity index (χ1n) is 10.3. The van der Waals surface area contributed by atoms with Crippen molar-refractivity contribution in [2.45, 2.75) is 18.8 Å². The van der Waals surface area contributed by atoms with Gasteiger partial charge in [-0.2, -0.15) is 0 Å². The van der Waals surface area contributed by atoms with Crippen molar-refractivity contribution < 1.29 is 14.6 Å². The van der Waals surface area contributed by atoms with Gasteiger partial charge in [0.05, 0.1) is 7.11 Å². The molecule has 1 saturated carbocycles. The minimum absolute atomic E-state index is 0.197. The van der Waals surface area contributed by atoms with Gasteiger partial charge in [0.15, 0.2) is 0 Å². The lowest BCUT2D eigenvalue weighted by Crippen LogP contribution is -2.06. The number of benzene rings is 2. The molecule has 0 bridgehead atoms. The van der Waals surface area contributed by atoms with Crippen molar-refractivity contribution in [1.82, 2.24) is 9.55 Å². The van der Waals surface area contributed by atoms with Crippen LogP contribution >= 0.6 is 0 Å². The predicted octanol–water partition coefficient (Wildman–Crippen LogP) is 5.57. The van der Waals surface area contributed by atoms with E-state index in [0.717, 1.165) is 51.9 Å². The van der Waals surface area contributed by atoms with Crippen LogP contribution in [0.3, 0.4) is 0 Å². The van der Waals surface area contributed by atoms with E-state index in [1.54, 1.807) is 19.4 Å². The molecule has 6 nitrogen and oxygen atoms in total. The SMILES string of the molecule is COc1ccccc1-c1cn(C)c2ccc(Nc3ncc(C4CC4)cc3C(=O)O)cc12. The Labute approximate surface area is 180 Å².